The van der Waals surface area contributed by atoms with Crippen LogP contribution in [0.25, 0.3) is 0 Å². The van der Waals surface area contributed by atoms with Crippen molar-refractivity contribution in [1.29, 1.82) is 0 Å². The highest BCUT2D eigenvalue weighted by Crippen LogP contribution is 2.34. The molecule has 0 spiro atoms. The third kappa shape index (κ3) is 6.74. The standard InChI is InChI=1S/C25H32F2N2O3/c1-25(2,3)13-16-4-5-24-20(10-16)21(6-7-32-24)28-14-23(31)22(29-15-30)11-17-8-18(26)12-19(27)9-17/h4-5,8-10,12,15,21-23,28,31H,6-7,11,13-14H2,1-3H3,(H,29,30)/t21-,22-,23+/m0/s1. The molecule has 1 amide bonds. The average Bonchev–Trinajstić information content (AvgIpc) is 2.69. The highest BCUT2D eigenvalue weighted by molar-refractivity contribution is 5.47. The summed E-state index contributed by atoms with van der Waals surface area (Å²) in [5.41, 5.74) is 2.80. The van der Waals surface area contributed by atoms with E-state index in [4.69, 9.17) is 4.74 Å². The number of carbonyl (C=O) groups excluding carboxylic acids is 1. The Balaban J connectivity index is 1.68. The first-order valence-electron chi connectivity index (χ1n) is 11.0. The number of hydrogen-bond donors (Lipinski definition) is 3. The van der Waals surface area contributed by atoms with Crippen molar-refractivity contribution in [2.75, 3.05) is 13.2 Å². The zero-order chi connectivity index (χ0) is 23.3. The maximum absolute atomic E-state index is 13.5. The van der Waals surface area contributed by atoms with Crippen molar-refractivity contribution in [2.45, 2.75) is 58.2 Å². The lowest BCUT2D eigenvalue weighted by Crippen LogP contribution is -2.47. The maximum Gasteiger partial charge on any atom is 0.207 e. The second kappa shape index (κ2) is 10.4. The topological polar surface area (TPSA) is 70.6 Å². The second-order valence-electron chi connectivity index (χ2n) is 9.65. The lowest BCUT2D eigenvalue weighted by atomic mass is 9.86. The van der Waals surface area contributed by atoms with E-state index in [0.29, 0.717) is 18.6 Å². The summed E-state index contributed by atoms with van der Waals surface area (Å²) in [5.74, 6) is -0.552. The van der Waals surface area contributed by atoms with Crippen LogP contribution in [0.3, 0.4) is 0 Å². The Bertz CT molecular complexity index is 910. The van der Waals surface area contributed by atoms with E-state index in [1.165, 1.54) is 17.7 Å². The van der Waals surface area contributed by atoms with Gasteiger partial charge in [-0.1, -0.05) is 32.9 Å². The van der Waals surface area contributed by atoms with E-state index in [9.17, 15) is 18.7 Å². The van der Waals surface area contributed by atoms with Gasteiger partial charge in [0.05, 0.1) is 18.8 Å². The summed E-state index contributed by atoms with van der Waals surface area (Å²) in [4.78, 5) is 11.1. The molecule has 0 bridgehead atoms. The molecule has 174 valence electrons. The summed E-state index contributed by atoms with van der Waals surface area (Å²) in [6, 6.07) is 8.74. The number of rotatable bonds is 9. The summed E-state index contributed by atoms with van der Waals surface area (Å²) < 4.78 is 32.8. The summed E-state index contributed by atoms with van der Waals surface area (Å²) in [6.45, 7) is 7.36. The van der Waals surface area contributed by atoms with Gasteiger partial charge in [-0.2, -0.15) is 0 Å². The largest absolute Gasteiger partial charge is 0.493 e. The minimum atomic E-state index is -0.949. The Morgan fingerprint density at radius 1 is 1.16 bits per heavy atom. The molecule has 32 heavy (non-hydrogen) atoms. The Kier molecular flexibility index (Phi) is 7.85. The van der Waals surface area contributed by atoms with Gasteiger partial charge in [-0.05, 0) is 47.6 Å². The first-order valence-corrected chi connectivity index (χ1v) is 11.0. The summed E-state index contributed by atoms with van der Waals surface area (Å²) >= 11 is 0. The van der Waals surface area contributed by atoms with Gasteiger partial charge in [0.15, 0.2) is 0 Å². The first kappa shape index (κ1) is 24.1. The molecule has 0 radical (unpaired) electrons. The number of ether oxygens (including phenoxy) is 1. The SMILES string of the molecule is CC(C)(C)Cc1ccc2c(c1)[C@@H](NC[C@@H](O)[C@H](Cc1cc(F)cc(F)c1)NC=O)CCO2. The molecule has 0 aromatic heterocycles. The molecule has 0 fully saturated rings. The Morgan fingerprint density at radius 2 is 1.88 bits per heavy atom. The zero-order valence-electron chi connectivity index (χ0n) is 18.8. The average molecular weight is 447 g/mol. The van der Waals surface area contributed by atoms with Gasteiger partial charge >= 0.3 is 0 Å². The number of fused-ring (bicyclic) bond motifs is 1. The van der Waals surface area contributed by atoms with Gasteiger partial charge < -0.3 is 20.5 Å². The molecule has 1 aliphatic rings. The van der Waals surface area contributed by atoms with E-state index in [-0.39, 0.29) is 24.4 Å². The van der Waals surface area contributed by atoms with Crippen LogP contribution in [0.1, 0.15) is 49.9 Å². The molecule has 3 rings (SSSR count). The number of nitrogens with one attached hydrogen (secondary N) is 2. The molecule has 2 aromatic carbocycles. The van der Waals surface area contributed by atoms with E-state index in [2.05, 4.69) is 43.5 Å². The van der Waals surface area contributed by atoms with Crippen LogP contribution in [0.2, 0.25) is 0 Å². The molecule has 2 aromatic rings. The minimum Gasteiger partial charge on any atom is -0.493 e. The molecule has 1 aliphatic heterocycles. The van der Waals surface area contributed by atoms with E-state index in [0.717, 1.165) is 30.2 Å². The van der Waals surface area contributed by atoms with E-state index in [1.807, 2.05) is 6.07 Å². The highest BCUT2D eigenvalue weighted by Gasteiger charge is 2.25. The third-order valence-electron chi connectivity index (χ3n) is 5.55. The van der Waals surface area contributed by atoms with Crippen LogP contribution in [-0.2, 0) is 17.6 Å². The second-order valence-corrected chi connectivity index (χ2v) is 9.65. The predicted octanol–water partition coefficient (Wildman–Crippen LogP) is 3.68. The van der Waals surface area contributed by atoms with E-state index >= 15 is 0 Å². The molecule has 0 unspecified atom stereocenters. The molecule has 7 heteroatoms. The van der Waals surface area contributed by atoms with Crippen molar-refractivity contribution in [2.24, 2.45) is 5.41 Å². The number of benzene rings is 2. The van der Waals surface area contributed by atoms with Crippen LogP contribution in [0.5, 0.6) is 5.75 Å². The fraction of sp³-hybridized carbons (Fsp3) is 0.480. The predicted molar refractivity (Wildman–Crippen MR) is 120 cm³/mol. The van der Waals surface area contributed by atoms with Crippen molar-refractivity contribution >= 4 is 6.41 Å². The molecular weight excluding hydrogens is 414 g/mol. The van der Waals surface area contributed by atoms with Gasteiger partial charge in [0.25, 0.3) is 0 Å². The monoisotopic (exact) mass is 446 g/mol. The van der Waals surface area contributed by atoms with Crippen LogP contribution in [0.15, 0.2) is 36.4 Å². The van der Waals surface area contributed by atoms with Crippen molar-refractivity contribution in [3.63, 3.8) is 0 Å². The summed E-state index contributed by atoms with van der Waals surface area (Å²) in [5, 5.41) is 16.7. The number of hydrogen-bond acceptors (Lipinski definition) is 4. The first-order chi connectivity index (χ1) is 15.1. The number of amides is 1. The number of carbonyl (C=O) groups is 1. The summed E-state index contributed by atoms with van der Waals surface area (Å²) in [6.07, 6.45) is 1.34. The number of halogens is 2. The summed E-state index contributed by atoms with van der Waals surface area (Å²) in [7, 11) is 0. The van der Waals surface area contributed by atoms with Gasteiger partial charge in [-0.15, -0.1) is 0 Å². The highest BCUT2D eigenvalue weighted by atomic mass is 19.1. The van der Waals surface area contributed by atoms with Gasteiger partial charge in [0.2, 0.25) is 6.41 Å². The smallest absolute Gasteiger partial charge is 0.207 e. The fourth-order valence-corrected chi connectivity index (χ4v) is 4.16. The van der Waals surface area contributed by atoms with Crippen molar-refractivity contribution in [3.8, 4) is 5.75 Å². The maximum atomic E-state index is 13.5. The van der Waals surface area contributed by atoms with Gasteiger partial charge in [-0.25, -0.2) is 8.78 Å². The van der Waals surface area contributed by atoms with Crippen LogP contribution >= 0.6 is 0 Å². The lowest BCUT2D eigenvalue weighted by Gasteiger charge is -2.30. The van der Waals surface area contributed by atoms with Crippen LogP contribution in [0.4, 0.5) is 8.78 Å². The minimum absolute atomic E-state index is 0.00295. The van der Waals surface area contributed by atoms with Crippen LogP contribution < -0.4 is 15.4 Å². The molecule has 0 saturated heterocycles. The Morgan fingerprint density at radius 3 is 2.53 bits per heavy atom. The molecular formula is C25H32F2N2O3. The van der Waals surface area contributed by atoms with E-state index < -0.39 is 23.8 Å². The molecule has 5 nitrogen and oxygen atoms in total. The zero-order valence-corrected chi connectivity index (χ0v) is 18.8. The molecule has 3 atom stereocenters. The van der Waals surface area contributed by atoms with Crippen molar-refractivity contribution in [3.05, 3.63) is 64.7 Å². The van der Waals surface area contributed by atoms with E-state index in [1.54, 1.807) is 0 Å². The normalized spacial score (nSPS) is 17.8. The van der Waals surface area contributed by atoms with Gasteiger partial charge in [0, 0.05) is 30.6 Å². The van der Waals surface area contributed by atoms with Crippen molar-refractivity contribution < 1.29 is 23.4 Å². The molecule has 0 aliphatic carbocycles. The molecule has 1 heterocycles. The van der Waals surface area contributed by atoms with Crippen LogP contribution in [0, 0.1) is 17.0 Å². The molecule has 0 saturated carbocycles. The van der Waals surface area contributed by atoms with Gasteiger partial charge in [0.1, 0.15) is 17.4 Å². The quantitative estimate of drug-likeness (QED) is 0.514. The van der Waals surface area contributed by atoms with Gasteiger partial charge in [-0.3, -0.25) is 4.79 Å². The van der Waals surface area contributed by atoms with Crippen molar-refractivity contribution in [1.82, 2.24) is 10.6 Å². The Hall–Kier alpha value is -2.51. The molecule has 3 N–H and O–H groups in total. The fourth-order valence-electron chi connectivity index (χ4n) is 4.16. The van der Waals surface area contributed by atoms with Crippen LogP contribution in [-0.4, -0.2) is 36.8 Å². The third-order valence-corrected chi connectivity index (χ3v) is 5.55. The number of aliphatic hydroxyl groups excluding tert-OH is 1. The number of aliphatic hydroxyl groups is 1. The Labute approximate surface area is 188 Å². The lowest BCUT2D eigenvalue weighted by molar-refractivity contribution is -0.110.